The summed E-state index contributed by atoms with van der Waals surface area (Å²) < 4.78 is 51.6. The van der Waals surface area contributed by atoms with E-state index in [1.807, 2.05) is 4.90 Å². The molecule has 8 rings (SSSR count). The summed E-state index contributed by atoms with van der Waals surface area (Å²) in [6, 6.07) is 6.12. The minimum Gasteiger partial charge on any atom is -0.468 e. The summed E-state index contributed by atoms with van der Waals surface area (Å²) in [7, 11) is -0.780. The molecule has 2 aromatic heterocycles. The maximum Gasteiger partial charge on any atom is 0.407 e. The van der Waals surface area contributed by atoms with Gasteiger partial charge in [0.15, 0.2) is 12.6 Å². The van der Waals surface area contributed by atoms with E-state index in [1.165, 1.54) is 13.2 Å². The van der Waals surface area contributed by atoms with Crippen molar-refractivity contribution in [1.82, 2.24) is 24.8 Å². The summed E-state index contributed by atoms with van der Waals surface area (Å²) in [5.74, 6) is 2.97. The number of pyridine rings is 1. The van der Waals surface area contributed by atoms with Crippen LogP contribution >= 0.6 is 0 Å². The second-order valence-electron chi connectivity index (χ2n) is 17.9. The first kappa shape index (κ1) is 41.2. The largest absolute Gasteiger partial charge is 0.468 e. The van der Waals surface area contributed by atoms with Crippen LogP contribution in [0.2, 0.25) is 16.6 Å². The molecule has 0 aliphatic carbocycles. The Labute approximate surface area is 346 Å². The van der Waals surface area contributed by atoms with Crippen molar-refractivity contribution in [1.29, 1.82) is 0 Å². The zero-order valence-corrected chi connectivity index (χ0v) is 36.3. The molecule has 4 saturated heterocycles. The third-order valence-electron chi connectivity index (χ3n) is 13.8. The van der Waals surface area contributed by atoms with Crippen molar-refractivity contribution in [3.05, 3.63) is 47.7 Å². The summed E-state index contributed by atoms with van der Waals surface area (Å²) in [5, 5.41) is 11.4. The van der Waals surface area contributed by atoms with E-state index >= 15 is 8.78 Å². The molecule has 6 heterocycles. The molecular weight excluding hydrogens is 771 g/mol. The molecule has 314 valence electrons. The maximum atomic E-state index is 17.7. The molecule has 4 fully saturated rings. The molecular formula is C45H56F2N6O5Si. The van der Waals surface area contributed by atoms with Crippen molar-refractivity contribution < 1.29 is 32.9 Å². The van der Waals surface area contributed by atoms with Crippen LogP contribution < -0.4 is 14.4 Å². The summed E-state index contributed by atoms with van der Waals surface area (Å²) >= 11 is 0. The quantitative estimate of drug-likeness (QED) is 0.0893. The average Bonchev–Trinajstić information content (AvgIpc) is 3.87. The van der Waals surface area contributed by atoms with Crippen LogP contribution in [-0.2, 0) is 4.74 Å². The number of methoxy groups -OCH3 is 1. The monoisotopic (exact) mass is 826 g/mol. The minimum absolute atomic E-state index is 0.0152. The lowest BCUT2D eigenvalue weighted by molar-refractivity contribution is 0.0512. The predicted molar refractivity (Wildman–Crippen MR) is 228 cm³/mol. The van der Waals surface area contributed by atoms with Crippen molar-refractivity contribution in [2.24, 2.45) is 0 Å². The van der Waals surface area contributed by atoms with E-state index < -0.39 is 25.8 Å². The van der Waals surface area contributed by atoms with Gasteiger partial charge in [0.25, 0.3) is 0 Å². The van der Waals surface area contributed by atoms with Crippen molar-refractivity contribution >= 4 is 41.7 Å². The Bertz CT molecular complexity index is 2290. The number of aromatic nitrogens is 3. The molecule has 4 aliphatic rings. The summed E-state index contributed by atoms with van der Waals surface area (Å²) in [6.07, 6.45) is 6.33. The fourth-order valence-electron chi connectivity index (χ4n) is 11.1. The first-order valence-electron chi connectivity index (χ1n) is 21.2. The predicted octanol–water partition coefficient (Wildman–Crippen LogP) is 9.01. The van der Waals surface area contributed by atoms with Gasteiger partial charge in [-0.1, -0.05) is 53.5 Å². The molecule has 14 heteroatoms. The second kappa shape index (κ2) is 16.1. The zero-order valence-electron chi connectivity index (χ0n) is 35.3. The van der Waals surface area contributed by atoms with Crippen molar-refractivity contribution in [2.45, 2.75) is 114 Å². The average molecular weight is 827 g/mol. The molecule has 0 saturated carbocycles. The highest BCUT2D eigenvalue weighted by molar-refractivity contribution is 6.90. The van der Waals surface area contributed by atoms with Gasteiger partial charge >= 0.3 is 12.1 Å². The third kappa shape index (κ3) is 7.16. The third-order valence-corrected chi connectivity index (χ3v) is 20.1. The fourth-order valence-corrected chi connectivity index (χ4v) is 16.3. The molecule has 1 amide bonds. The molecule has 2 aromatic carbocycles. The lowest BCUT2D eigenvalue weighted by Crippen LogP contribution is -2.55. The number of ether oxygens (including phenoxy) is 3. The van der Waals surface area contributed by atoms with E-state index in [1.54, 1.807) is 29.3 Å². The molecule has 0 spiro atoms. The molecule has 4 aromatic rings. The molecule has 4 aliphatic heterocycles. The number of rotatable bonds is 11. The van der Waals surface area contributed by atoms with Gasteiger partial charge in [0.05, 0.1) is 28.6 Å². The number of benzene rings is 2. The molecule has 59 heavy (non-hydrogen) atoms. The van der Waals surface area contributed by atoms with Gasteiger partial charge < -0.3 is 24.2 Å². The molecule has 0 radical (unpaired) electrons. The van der Waals surface area contributed by atoms with Gasteiger partial charge in [0, 0.05) is 37.3 Å². The number of piperazine rings is 1. The zero-order chi connectivity index (χ0) is 41.8. The van der Waals surface area contributed by atoms with E-state index in [2.05, 4.69) is 57.9 Å². The van der Waals surface area contributed by atoms with Crippen molar-refractivity contribution in [3.63, 3.8) is 0 Å². The Morgan fingerprint density at radius 2 is 1.66 bits per heavy atom. The van der Waals surface area contributed by atoms with Crippen LogP contribution in [0.5, 0.6) is 11.8 Å². The number of amides is 1. The summed E-state index contributed by atoms with van der Waals surface area (Å²) in [6.45, 7) is 16.4. The first-order chi connectivity index (χ1) is 28.3. The Balaban J connectivity index is 1.31. The lowest BCUT2D eigenvalue weighted by atomic mass is 9.95. The number of anilines is 1. The van der Waals surface area contributed by atoms with Crippen molar-refractivity contribution in [3.8, 4) is 34.5 Å². The molecule has 2 atom stereocenters. The number of halogens is 2. The number of fused-ring (bicyclic) bond motifs is 5. The van der Waals surface area contributed by atoms with Gasteiger partial charge in [-0.3, -0.25) is 14.8 Å². The smallest absolute Gasteiger partial charge is 0.407 e. The minimum atomic E-state index is -2.30. The summed E-state index contributed by atoms with van der Waals surface area (Å²) in [5.41, 5.74) is 5.00. The standard InChI is InChI=1S/C45H56F2N6O5Si/c1-27(2)59(28(3)4,29(5)6)19-14-34-37(46)13-10-30-20-33(58-26-56-7)21-35(38(30)34)40-39(47)41-36(22-48-40)42(51-23-31-11-12-32(24-51)53(31)44(54)55)50-43(49-41)57-25-45-15-8-17-52(45)18-9-16-45/h10,13,20-22,27-29,31-32H,8-9,11-12,15-18,23-26H2,1-7H3,(H,54,55)/t31-,32+. The van der Waals surface area contributed by atoms with Crippen LogP contribution in [0.1, 0.15) is 85.6 Å². The Morgan fingerprint density at radius 1 is 0.983 bits per heavy atom. The lowest BCUT2D eigenvalue weighted by Gasteiger charge is -2.40. The highest BCUT2D eigenvalue weighted by Crippen LogP contribution is 2.44. The molecule has 11 nitrogen and oxygen atoms in total. The van der Waals surface area contributed by atoms with Gasteiger partial charge in [0.1, 0.15) is 43.3 Å². The van der Waals surface area contributed by atoms with E-state index in [9.17, 15) is 9.90 Å². The number of carbonyl (C=O) groups is 1. The fraction of sp³-hybridized carbons (Fsp3) is 0.556. The van der Waals surface area contributed by atoms with E-state index in [-0.39, 0.29) is 47.2 Å². The number of hydrogen-bond acceptors (Lipinski definition) is 9. The van der Waals surface area contributed by atoms with Gasteiger partial charge in [-0.2, -0.15) is 9.97 Å². The Hall–Kier alpha value is -4.58. The number of carboxylic acid groups (broad SMARTS) is 1. The van der Waals surface area contributed by atoms with E-state index in [4.69, 9.17) is 29.2 Å². The molecule has 0 unspecified atom stereocenters. The number of nitrogens with zero attached hydrogens (tertiary/aromatic N) is 6. The van der Waals surface area contributed by atoms with E-state index in [0.29, 0.717) is 69.6 Å². The highest BCUT2D eigenvalue weighted by Gasteiger charge is 2.46. The SMILES string of the molecule is COCOc1cc(-c2ncc3c(N4C[C@H]5CC[C@@H](C4)N5C(=O)O)nc(OCC45CCCN4CCC5)nc3c2F)c2c(C#C[Si](C(C)C)(C(C)C)C(C)C)c(F)ccc2c1. The van der Waals surface area contributed by atoms with Crippen LogP contribution in [0.3, 0.4) is 0 Å². The molecule has 1 N–H and O–H groups in total. The van der Waals surface area contributed by atoms with Gasteiger partial charge in [-0.05, 0) is 91.8 Å². The maximum absolute atomic E-state index is 17.7. The Morgan fingerprint density at radius 3 is 2.29 bits per heavy atom. The normalized spacial score (nSPS) is 20.3. The van der Waals surface area contributed by atoms with Crippen LogP contribution in [0.15, 0.2) is 30.5 Å². The Kier molecular flexibility index (Phi) is 11.2. The van der Waals surface area contributed by atoms with Crippen LogP contribution in [0.25, 0.3) is 32.9 Å². The number of hydrogen-bond donors (Lipinski definition) is 1. The highest BCUT2D eigenvalue weighted by atomic mass is 28.3. The topological polar surface area (TPSA) is 113 Å². The van der Waals surface area contributed by atoms with Crippen LogP contribution in [0.4, 0.5) is 19.4 Å². The van der Waals surface area contributed by atoms with Gasteiger partial charge in [-0.15, -0.1) is 5.54 Å². The van der Waals surface area contributed by atoms with Gasteiger partial charge in [0.2, 0.25) is 0 Å². The van der Waals surface area contributed by atoms with Crippen molar-refractivity contribution in [2.75, 3.05) is 51.6 Å². The first-order valence-corrected chi connectivity index (χ1v) is 23.4. The second-order valence-corrected chi connectivity index (χ2v) is 23.5. The van der Waals surface area contributed by atoms with Crippen LogP contribution in [0, 0.1) is 23.1 Å². The molecule has 2 bridgehead atoms. The summed E-state index contributed by atoms with van der Waals surface area (Å²) in [4.78, 5) is 32.7. The van der Waals surface area contributed by atoms with E-state index in [0.717, 1.165) is 51.6 Å². The van der Waals surface area contributed by atoms with Crippen LogP contribution in [-0.4, -0.2) is 108 Å². The van der Waals surface area contributed by atoms with Gasteiger partial charge in [-0.25, -0.2) is 13.6 Å².